The second kappa shape index (κ2) is 16.0. The van der Waals surface area contributed by atoms with Gasteiger partial charge in [-0.1, -0.05) is 206 Å². The minimum absolute atomic E-state index is 0.542. The van der Waals surface area contributed by atoms with Gasteiger partial charge in [0.25, 0.3) is 0 Å². The number of hydrogen-bond donors (Lipinski definition) is 0. The normalized spacial score (nSPS) is 12.7. The van der Waals surface area contributed by atoms with Crippen LogP contribution in [0.15, 0.2) is 271 Å². The average Bonchev–Trinajstić information content (AvgIpc) is 4.09. The summed E-state index contributed by atoms with van der Waals surface area (Å²) in [4.78, 5) is 2.46. The van der Waals surface area contributed by atoms with Crippen LogP contribution in [0.25, 0.3) is 82.8 Å². The van der Waals surface area contributed by atoms with Crippen LogP contribution in [0.1, 0.15) is 22.3 Å². The lowest BCUT2D eigenvalue weighted by Crippen LogP contribution is -2.28. The van der Waals surface area contributed by atoms with Gasteiger partial charge in [-0.3, -0.25) is 0 Å². The van der Waals surface area contributed by atoms with E-state index in [1.807, 2.05) is 6.07 Å². The van der Waals surface area contributed by atoms with Gasteiger partial charge in [-0.25, -0.2) is 0 Å². The van der Waals surface area contributed by atoms with Gasteiger partial charge in [0.15, 0.2) is 0 Å². The smallest absolute Gasteiger partial charge is 0.143 e. The predicted molar refractivity (Wildman–Crippen MR) is 291 cm³/mol. The molecule has 13 aromatic rings. The molecule has 0 spiro atoms. The zero-order chi connectivity index (χ0) is 46.2. The first kappa shape index (κ1) is 39.9. The molecular formula is C67H44N2O. The molecule has 0 saturated heterocycles. The molecule has 70 heavy (non-hydrogen) atoms. The molecule has 0 saturated carbocycles. The maximum Gasteiger partial charge on any atom is 0.143 e. The van der Waals surface area contributed by atoms with E-state index in [2.05, 4.69) is 270 Å². The van der Waals surface area contributed by atoms with Crippen molar-refractivity contribution in [2.75, 3.05) is 4.90 Å². The van der Waals surface area contributed by atoms with E-state index in [1.54, 1.807) is 0 Å². The van der Waals surface area contributed by atoms with Gasteiger partial charge in [0, 0.05) is 49.7 Å². The molecule has 2 aromatic heterocycles. The van der Waals surface area contributed by atoms with Crippen molar-refractivity contribution in [2.45, 2.75) is 5.41 Å². The third-order valence-corrected chi connectivity index (χ3v) is 14.7. The Hall–Kier alpha value is -9.18. The van der Waals surface area contributed by atoms with Crippen molar-refractivity contribution < 1.29 is 4.42 Å². The maximum absolute atomic E-state index is 6.63. The van der Waals surface area contributed by atoms with E-state index in [1.165, 1.54) is 55.2 Å². The first-order valence-corrected chi connectivity index (χ1v) is 24.1. The number of aromatic nitrogens is 1. The molecule has 3 nitrogen and oxygen atoms in total. The molecule has 0 unspecified atom stereocenters. The number of nitrogens with zero attached hydrogens (tertiary/aromatic N) is 2. The Balaban J connectivity index is 0.966. The Bertz CT molecular complexity index is 4030. The van der Waals surface area contributed by atoms with Gasteiger partial charge < -0.3 is 13.9 Å². The number of benzene rings is 11. The Kier molecular flexibility index (Phi) is 9.11. The molecule has 11 aromatic carbocycles. The molecule has 3 heteroatoms. The Morgan fingerprint density at radius 1 is 0.357 bits per heavy atom. The molecule has 328 valence electrons. The summed E-state index contributed by atoms with van der Waals surface area (Å²) in [7, 11) is 0. The fourth-order valence-electron chi connectivity index (χ4n) is 11.7. The van der Waals surface area contributed by atoms with E-state index in [0.717, 1.165) is 66.9 Å². The van der Waals surface area contributed by atoms with E-state index in [0.29, 0.717) is 0 Å². The molecule has 0 atom stereocenters. The van der Waals surface area contributed by atoms with Crippen LogP contribution in [-0.4, -0.2) is 4.57 Å². The van der Waals surface area contributed by atoms with E-state index in [4.69, 9.17) is 4.42 Å². The SMILES string of the molecule is c1ccc(C2(c3ccccc3)c3ccccc3-c3c(N(c4ccc(-c5cccc(-n6c7ccccc7c7ccccc76)c5)cc4)c4cccc(-c5cccc6c5oc5ccccc56)c4)cccc32)cc1. The summed E-state index contributed by atoms with van der Waals surface area (Å²) in [6.07, 6.45) is 0. The summed E-state index contributed by atoms with van der Waals surface area (Å²) in [6.45, 7) is 0. The highest BCUT2D eigenvalue weighted by atomic mass is 16.3. The van der Waals surface area contributed by atoms with Gasteiger partial charge >= 0.3 is 0 Å². The Morgan fingerprint density at radius 3 is 1.69 bits per heavy atom. The first-order valence-electron chi connectivity index (χ1n) is 24.1. The zero-order valence-corrected chi connectivity index (χ0v) is 38.2. The fourth-order valence-corrected chi connectivity index (χ4v) is 11.7. The third kappa shape index (κ3) is 6.01. The highest BCUT2D eigenvalue weighted by Crippen LogP contribution is 2.59. The highest BCUT2D eigenvalue weighted by molar-refractivity contribution is 6.11. The third-order valence-electron chi connectivity index (χ3n) is 14.7. The first-order chi connectivity index (χ1) is 34.7. The molecule has 0 fully saturated rings. The lowest BCUT2D eigenvalue weighted by Gasteiger charge is -2.34. The molecule has 0 N–H and O–H groups in total. The summed E-state index contributed by atoms with van der Waals surface area (Å²) in [5, 5.41) is 4.75. The zero-order valence-electron chi connectivity index (χ0n) is 38.2. The van der Waals surface area contributed by atoms with Gasteiger partial charge in [-0.05, 0) is 105 Å². The summed E-state index contributed by atoms with van der Waals surface area (Å²) < 4.78 is 9.02. The summed E-state index contributed by atoms with van der Waals surface area (Å²) in [5.74, 6) is 0. The number of rotatable bonds is 8. The average molecular weight is 893 g/mol. The van der Waals surface area contributed by atoms with Crippen molar-refractivity contribution >= 4 is 60.8 Å². The standard InChI is InChI=1S/C67H44N2O/c1-3-21-48(22-4-1)67(49-23-5-2-6-24-49)59-33-11-7-30-58(59)65-60(67)34-18-37-63(65)68(51-25-16-20-47(44-51)53-31-17-32-57-56-29-10-14-38-64(56)70-66(53)57)50-41-39-45(40-42-50)46-19-15-26-52(43-46)69-61-35-12-8-27-54(61)55-28-9-13-36-62(55)69/h1-44H. The number of fused-ring (bicyclic) bond motifs is 9. The minimum Gasteiger partial charge on any atom is -0.455 e. The summed E-state index contributed by atoms with van der Waals surface area (Å²) in [6, 6.07) is 97.3. The molecule has 1 aliphatic rings. The van der Waals surface area contributed by atoms with Crippen LogP contribution in [0, 0.1) is 0 Å². The van der Waals surface area contributed by atoms with Gasteiger partial charge in [0.05, 0.1) is 22.1 Å². The van der Waals surface area contributed by atoms with Crippen molar-refractivity contribution in [1.82, 2.24) is 4.57 Å². The van der Waals surface area contributed by atoms with E-state index < -0.39 is 5.41 Å². The number of furan rings is 1. The summed E-state index contributed by atoms with van der Waals surface area (Å²) in [5.41, 5.74) is 19.9. The fraction of sp³-hybridized carbons (Fsp3) is 0.0149. The molecule has 0 aliphatic heterocycles. The van der Waals surface area contributed by atoms with Gasteiger partial charge in [0.1, 0.15) is 11.2 Å². The van der Waals surface area contributed by atoms with Gasteiger partial charge in [-0.2, -0.15) is 0 Å². The second-order valence-corrected chi connectivity index (χ2v) is 18.4. The Labute approximate surface area is 406 Å². The molecular weight excluding hydrogens is 849 g/mol. The Morgan fingerprint density at radius 2 is 0.929 bits per heavy atom. The second-order valence-electron chi connectivity index (χ2n) is 18.4. The number of anilines is 3. The monoisotopic (exact) mass is 892 g/mol. The van der Waals surface area contributed by atoms with Crippen molar-refractivity contribution in [3.63, 3.8) is 0 Å². The van der Waals surface area contributed by atoms with Crippen LogP contribution in [0.2, 0.25) is 0 Å². The molecule has 0 bridgehead atoms. The van der Waals surface area contributed by atoms with Crippen molar-refractivity contribution in [3.05, 3.63) is 289 Å². The highest BCUT2D eigenvalue weighted by Gasteiger charge is 2.47. The van der Waals surface area contributed by atoms with Crippen molar-refractivity contribution in [1.29, 1.82) is 0 Å². The lowest BCUT2D eigenvalue weighted by atomic mass is 9.68. The largest absolute Gasteiger partial charge is 0.455 e. The number of para-hydroxylation sites is 4. The van der Waals surface area contributed by atoms with Crippen LogP contribution >= 0.6 is 0 Å². The van der Waals surface area contributed by atoms with Gasteiger partial charge in [0.2, 0.25) is 0 Å². The van der Waals surface area contributed by atoms with E-state index >= 15 is 0 Å². The molecule has 14 rings (SSSR count). The van der Waals surface area contributed by atoms with E-state index in [9.17, 15) is 0 Å². The van der Waals surface area contributed by atoms with Gasteiger partial charge in [-0.15, -0.1) is 0 Å². The quantitative estimate of drug-likeness (QED) is 0.152. The summed E-state index contributed by atoms with van der Waals surface area (Å²) >= 11 is 0. The van der Waals surface area contributed by atoms with Crippen LogP contribution in [-0.2, 0) is 5.41 Å². The van der Waals surface area contributed by atoms with Crippen LogP contribution in [0.5, 0.6) is 0 Å². The minimum atomic E-state index is -0.542. The van der Waals surface area contributed by atoms with E-state index in [-0.39, 0.29) is 0 Å². The number of hydrogen-bond acceptors (Lipinski definition) is 2. The van der Waals surface area contributed by atoms with Crippen molar-refractivity contribution in [2.24, 2.45) is 0 Å². The van der Waals surface area contributed by atoms with Crippen molar-refractivity contribution in [3.8, 4) is 39.1 Å². The molecule has 0 amide bonds. The topological polar surface area (TPSA) is 21.3 Å². The molecule has 0 radical (unpaired) electrons. The molecule has 2 heterocycles. The van der Waals surface area contributed by atoms with Crippen LogP contribution < -0.4 is 4.90 Å². The predicted octanol–water partition coefficient (Wildman–Crippen LogP) is 17.8. The lowest BCUT2D eigenvalue weighted by molar-refractivity contribution is 0.670. The van der Waals surface area contributed by atoms with Crippen LogP contribution in [0.4, 0.5) is 17.1 Å². The van der Waals surface area contributed by atoms with Crippen LogP contribution in [0.3, 0.4) is 0 Å². The maximum atomic E-state index is 6.63. The molecule has 1 aliphatic carbocycles.